The first kappa shape index (κ1) is 12.8. The first-order valence-corrected chi connectivity index (χ1v) is 5.98. The standard InChI is InChI=1S/C15H20O/c1-3-5-6-10-13-15(16,4-2)14-11-8-7-9-12-14/h2,7-9,11-12,16H,3,5-6,10,13H2,1H3. The molecule has 1 aromatic rings. The van der Waals surface area contributed by atoms with Gasteiger partial charge in [-0.3, -0.25) is 0 Å². The van der Waals surface area contributed by atoms with Crippen LogP contribution in [0.4, 0.5) is 0 Å². The Morgan fingerprint density at radius 2 is 1.88 bits per heavy atom. The highest BCUT2D eigenvalue weighted by Crippen LogP contribution is 2.26. The van der Waals surface area contributed by atoms with Gasteiger partial charge in [0.2, 0.25) is 0 Å². The average Bonchev–Trinajstić information content (AvgIpc) is 2.35. The number of rotatable bonds is 6. The molecule has 16 heavy (non-hydrogen) atoms. The molecular formula is C15H20O. The molecule has 0 aliphatic rings. The lowest BCUT2D eigenvalue weighted by Crippen LogP contribution is -2.23. The van der Waals surface area contributed by atoms with E-state index in [9.17, 15) is 5.11 Å². The largest absolute Gasteiger partial charge is 0.373 e. The molecule has 1 heteroatoms. The SMILES string of the molecule is C#CC(O)(CCCCCC)c1ccccc1. The van der Waals surface area contributed by atoms with Gasteiger partial charge in [0.1, 0.15) is 0 Å². The lowest BCUT2D eigenvalue weighted by atomic mass is 9.89. The first-order valence-electron chi connectivity index (χ1n) is 5.98. The first-order chi connectivity index (χ1) is 7.73. The molecule has 86 valence electrons. The molecule has 0 radical (unpaired) electrons. The van der Waals surface area contributed by atoms with Crippen molar-refractivity contribution < 1.29 is 5.11 Å². The topological polar surface area (TPSA) is 20.2 Å². The Balaban J connectivity index is 2.61. The second kappa shape index (κ2) is 6.35. The summed E-state index contributed by atoms with van der Waals surface area (Å²) >= 11 is 0. The summed E-state index contributed by atoms with van der Waals surface area (Å²) in [5.41, 5.74) is -0.261. The van der Waals surface area contributed by atoms with E-state index in [1.54, 1.807) is 0 Å². The maximum absolute atomic E-state index is 10.4. The second-order valence-electron chi connectivity index (χ2n) is 4.18. The van der Waals surface area contributed by atoms with Crippen molar-refractivity contribution in [3.8, 4) is 12.3 Å². The van der Waals surface area contributed by atoms with Gasteiger partial charge in [0.05, 0.1) is 0 Å². The monoisotopic (exact) mass is 216 g/mol. The Morgan fingerprint density at radius 1 is 1.19 bits per heavy atom. The van der Waals surface area contributed by atoms with Crippen molar-refractivity contribution in [3.63, 3.8) is 0 Å². The Morgan fingerprint density at radius 3 is 2.44 bits per heavy atom. The van der Waals surface area contributed by atoms with Crippen molar-refractivity contribution in [2.75, 3.05) is 0 Å². The third-order valence-corrected chi connectivity index (χ3v) is 2.88. The highest BCUT2D eigenvalue weighted by atomic mass is 16.3. The van der Waals surface area contributed by atoms with E-state index in [0.717, 1.165) is 18.4 Å². The second-order valence-corrected chi connectivity index (χ2v) is 4.18. The van der Waals surface area contributed by atoms with Crippen LogP contribution in [0.15, 0.2) is 30.3 Å². The summed E-state index contributed by atoms with van der Waals surface area (Å²) in [5.74, 6) is 2.53. The zero-order chi connectivity index (χ0) is 11.9. The molecule has 0 aliphatic heterocycles. The number of terminal acetylenes is 1. The van der Waals surface area contributed by atoms with E-state index in [1.165, 1.54) is 12.8 Å². The fourth-order valence-electron chi connectivity index (χ4n) is 1.82. The summed E-state index contributed by atoms with van der Waals surface area (Å²) in [6.07, 6.45) is 10.6. The molecule has 0 fully saturated rings. The fourth-order valence-corrected chi connectivity index (χ4v) is 1.82. The molecule has 1 unspecified atom stereocenters. The van der Waals surface area contributed by atoms with Gasteiger partial charge in [-0.1, -0.05) is 62.4 Å². The smallest absolute Gasteiger partial charge is 0.150 e. The van der Waals surface area contributed by atoms with E-state index in [0.29, 0.717) is 6.42 Å². The van der Waals surface area contributed by atoms with Crippen LogP contribution in [0.3, 0.4) is 0 Å². The molecule has 0 saturated carbocycles. The Hall–Kier alpha value is -1.26. The Labute approximate surface area is 98.5 Å². The van der Waals surface area contributed by atoms with Crippen molar-refractivity contribution in [3.05, 3.63) is 35.9 Å². The number of benzene rings is 1. The molecule has 0 saturated heterocycles. The number of hydrogen-bond acceptors (Lipinski definition) is 1. The van der Waals surface area contributed by atoms with Gasteiger partial charge in [-0.25, -0.2) is 0 Å². The molecule has 0 spiro atoms. The van der Waals surface area contributed by atoms with Crippen LogP contribution in [0.25, 0.3) is 0 Å². The van der Waals surface area contributed by atoms with Crippen LogP contribution in [0.2, 0.25) is 0 Å². The molecule has 0 heterocycles. The van der Waals surface area contributed by atoms with Crippen molar-refractivity contribution in [1.29, 1.82) is 0 Å². The van der Waals surface area contributed by atoms with E-state index >= 15 is 0 Å². The summed E-state index contributed by atoms with van der Waals surface area (Å²) in [7, 11) is 0. The van der Waals surface area contributed by atoms with Crippen LogP contribution in [0.1, 0.15) is 44.6 Å². The van der Waals surface area contributed by atoms with Gasteiger partial charge in [-0.05, 0) is 18.4 Å². The molecule has 1 aromatic carbocycles. The lowest BCUT2D eigenvalue weighted by Gasteiger charge is -2.22. The molecule has 1 atom stereocenters. The molecular weight excluding hydrogens is 196 g/mol. The molecule has 1 nitrogen and oxygen atoms in total. The average molecular weight is 216 g/mol. The predicted octanol–water partition coefficient (Wildman–Crippen LogP) is 3.48. The van der Waals surface area contributed by atoms with Crippen molar-refractivity contribution >= 4 is 0 Å². The minimum Gasteiger partial charge on any atom is -0.373 e. The van der Waals surface area contributed by atoms with Gasteiger partial charge in [0, 0.05) is 0 Å². The highest BCUT2D eigenvalue weighted by Gasteiger charge is 2.25. The van der Waals surface area contributed by atoms with E-state index in [2.05, 4.69) is 12.8 Å². The van der Waals surface area contributed by atoms with Crippen LogP contribution in [-0.4, -0.2) is 5.11 Å². The molecule has 0 bridgehead atoms. The van der Waals surface area contributed by atoms with Gasteiger partial charge in [-0.15, -0.1) is 6.42 Å². The molecule has 0 aromatic heterocycles. The van der Waals surface area contributed by atoms with Crippen LogP contribution in [0.5, 0.6) is 0 Å². The Bertz CT molecular complexity index is 336. The zero-order valence-electron chi connectivity index (χ0n) is 9.95. The quantitative estimate of drug-likeness (QED) is 0.570. The van der Waals surface area contributed by atoms with Crippen molar-refractivity contribution in [2.24, 2.45) is 0 Å². The summed E-state index contributed by atoms with van der Waals surface area (Å²) < 4.78 is 0. The fraction of sp³-hybridized carbons (Fsp3) is 0.467. The summed E-state index contributed by atoms with van der Waals surface area (Å²) in [4.78, 5) is 0. The van der Waals surface area contributed by atoms with Gasteiger partial charge < -0.3 is 5.11 Å². The summed E-state index contributed by atoms with van der Waals surface area (Å²) in [6, 6.07) is 9.52. The van der Waals surface area contributed by atoms with E-state index in [4.69, 9.17) is 6.42 Å². The number of hydrogen-bond donors (Lipinski definition) is 1. The summed E-state index contributed by atoms with van der Waals surface area (Å²) in [6.45, 7) is 2.17. The maximum atomic E-state index is 10.4. The maximum Gasteiger partial charge on any atom is 0.150 e. The van der Waals surface area contributed by atoms with Gasteiger partial charge >= 0.3 is 0 Å². The third-order valence-electron chi connectivity index (χ3n) is 2.88. The minimum absolute atomic E-state index is 0.646. The molecule has 1 rings (SSSR count). The van der Waals surface area contributed by atoms with Crippen molar-refractivity contribution in [1.82, 2.24) is 0 Å². The predicted molar refractivity (Wildman–Crippen MR) is 67.9 cm³/mol. The molecule has 0 aliphatic carbocycles. The number of aliphatic hydroxyl groups is 1. The van der Waals surface area contributed by atoms with Crippen LogP contribution in [-0.2, 0) is 5.60 Å². The normalized spacial score (nSPS) is 14.1. The highest BCUT2D eigenvalue weighted by molar-refractivity contribution is 5.29. The lowest BCUT2D eigenvalue weighted by molar-refractivity contribution is 0.0871. The number of unbranched alkanes of at least 4 members (excludes halogenated alkanes) is 3. The zero-order valence-corrected chi connectivity index (χ0v) is 9.95. The minimum atomic E-state index is -1.09. The molecule has 0 amide bonds. The van der Waals surface area contributed by atoms with Gasteiger partial charge in [0.25, 0.3) is 0 Å². The van der Waals surface area contributed by atoms with Crippen LogP contribution in [0, 0.1) is 12.3 Å². The molecule has 1 N–H and O–H groups in total. The van der Waals surface area contributed by atoms with Crippen LogP contribution < -0.4 is 0 Å². The summed E-state index contributed by atoms with van der Waals surface area (Å²) in [5, 5.41) is 10.4. The third kappa shape index (κ3) is 3.40. The van der Waals surface area contributed by atoms with Crippen LogP contribution >= 0.6 is 0 Å². The Kier molecular flexibility index (Phi) is 5.08. The van der Waals surface area contributed by atoms with E-state index in [-0.39, 0.29) is 0 Å². The van der Waals surface area contributed by atoms with Crippen molar-refractivity contribution in [2.45, 2.75) is 44.6 Å². The van der Waals surface area contributed by atoms with E-state index in [1.807, 2.05) is 30.3 Å². The van der Waals surface area contributed by atoms with Gasteiger partial charge in [0.15, 0.2) is 5.60 Å². The van der Waals surface area contributed by atoms with E-state index < -0.39 is 5.60 Å². The van der Waals surface area contributed by atoms with Gasteiger partial charge in [-0.2, -0.15) is 0 Å².